The zero-order valence-corrected chi connectivity index (χ0v) is 9.62. The van der Waals surface area contributed by atoms with Crippen LogP contribution in [0.1, 0.15) is 28.3 Å². The number of aryl methyl sites for hydroxylation is 2. The quantitative estimate of drug-likeness (QED) is 0.770. The van der Waals surface area contributed by atoms with Gasteiger partial charge in [0, 0.05) is 18.6 Å². The van der Waals surface area contributed by atoms with Gasteiger partial charge in [-0.1, -0.05) is 0 Å². The van der Waals surface area contributed by atoms with Crippen molar-refractivity contribution >= 4 is 5.91 Å². The number of nitrogens with zero attached hydrogens (tertiary/aromatic N) is 1. The van der Waals surface area contributed by atoms with E-state index in [0.29, 0.717) is 23.8 Å². The maximum Gasteiger partial charge on any atom is 0.257 e. The Labute approximate surface area is 94.4 Å². The molecular formula is C12H16N2O2. The Morgan fingerprint density at radius 2 is 2.38 bits per heavy atom. The van der Waals surface area contributed by atoms with Gasteiger partial charge in [-0.2, -0.15) is 0 Å². The molecule has 1 saturated carbocycles. The van der Waals surface area contributed by atoms with Gasteiger partial charge in [0.05, 0.1) is 5.56 Å². The van der Waals surface area contributed by atoms with Crippen LogP contribution in [0, 0.1) is 19.8 Å². The van der Waals surface area contributed by atoms with Crippen molar-refractivity contribution in [2.24, 2.45) is 11.7 Å². The molecule has 0 aromatic carbocycles. The maximum absolute atomic E-state index is 12.2. The van der Waals surface area contributed by atoms with Crippen LogP contribution in [0.5, 0.6) is 0 Å². The number of fused-ring (bicyclic) bond motifs is 1. The van der Waals surface area contributed by atoms with Gasteiger partial charge in [0.1, 0.15) is 11.5 Å². The van der Waals surface area contributed by atoms with Crippen molar-refractivity contribution in [3.05, 3.63) is 23.2 Å². The summed E-state index contributed by atoms with van der Waals surface area (Å²) in [4.78, 5) is 14.1. The van der Waals surface area contributed by atoms with E-state index in [4.69, 9.17) is 10.2 Å². The van der Waals surface area contributed by atoms with E-state index >= 15 is 0 Å². The number of carbonyl (C=O) groups is 1. The molecule has 0 radical (unpaired) electrons. The molecule has 1 saturated heterocycles. The third-order valence-electron chi connectivity index (χ3n) is 3.76. The number of amides is 1. The zero-order valence-electron chi connectivity index (χ0n) is 9.62. The van der Waals surface area contributed by atoms with Crippen LogP contribution in [0.15, 0.2) is 10.5 Å². The van der Waals surface area contributed by atoms with Crippen molar-refractivity contribution in [1.82, 2.24) is 4.90 Å². The fraction of sp³-hybridized carbons (Fsp3) is 0.583. The molecule has 2 N–H and O–H groups in total. The first-order valence-electron chi connectivity index (χ1n) is 5.65. The molecule has 0 unspecified atom stereocenters. The van der Waals surface area contributed by atoms with E-state index in [1.165, 1.54) is 0 Å². The normalized spacial score (nSPS) is 31.7. The van der Waals surface area contributed by atoms with E-state index in [-0.39, 0.29) is 11.4 Å². The number of likely N-dealkylation sites (tertiary alicyclic amines) is 1. The van der Waals surface area contributed by atoms with Crippen molar-refractivity contribution < 1.29 is 9.21 Å². The highest BCUT2D eigenvalue weighted by molar-refractivity contribution is 5.95. The third-order valence-corrected chi connectivity index (χ3v) is 3.76. The lowest BCUT2D eigenvalue weighted by molar-refractivity contribution is 0.0771. The van der Waals surface area contributed by atoms with Crippen molar-refractivity contribution in [3.63, 3.8) is 0 Å². The second-order valence-corrected chi connectivity index (χ2v) is 5.15. The molecule has 4 heteroatoms. The molecule has 1 amide bonds. The van der Waals surface area contributed by atoms with Crippen LogP contribution in [0.2, 0.25) is 0 Å². The SMILES string of the molecule is Cc1cc(C(=O)N2C[C@H]3C[C@]3(N)C2)c(C)o1. The van der Waals surface area contributed by atoms with Gasteiger partial charge in [-0.25, -0.2) is 0 Å². The number of hydrogen-bond acceptors (Lipinski definition) is 3. The summed E-state index contributed by atoms with van der Waals surface area (Å²) in [5, 5.41) is 0. The number of nitrogens with two attached hydrogens (primary N) is 1. The minimum atomic E-state index is -0.0810. The van der Waals surface area contributed by atoms with Crippen molar-refractivity contribution in [1.29, 1.82) is 0 Å². The lowest BCUT2D eigenvalue weighted by Crippen LogP contribution is -2.37. The summed E-state index contributed by atoms with van der Waals surface area (Å²) in [5.74, 6) is 2.07. The Morgan fingerprint density at radius 3 is 2.88 bits per heavy atom. The van der Waals surface area contributed by atoms with Crippen LogP contribution in [0.25, 0.3) is 0 Å². The largest absolute Gasteiger partial charge is 0.466 e. The molecule has 1 aromatic rings. The van der Waals surface area contributed by atoms with Gasteiger partial charge < -0.3 is 15.1 Å². The van der Waals surface area contributed by atoms with Crippen molar-refractivity contribution in [3.8, 4) is 0 Å². The molecule has 0 bridgehead atoms. The monoisotopic (exact) mass is 220 g/mol. The minimum Gasteiger partial charge on any atom is -0.466 e. The standard InChI is InChI=1S/C12H16N2O2/c1-7-3-10(8(2)16-7)11(15)14-5-9-4-12(9,13)6-14/h3,9H,4-6,13H2,1-2H3/t9-,12+/m1/s1. The van der Waals surface area contributed by atoms with Crippen LogP contribution < -0.4 is 5.73 Å². The van der Waals surface area contributed by atoms with Gasteiger partial charge in [-0.15, -0.1) is 0 Å². The predicted octanol–water partition coefficient (Wildman–Crippen LogP) is 1.07. The lowest BCUT2D eigenvalue weighted by Gasteiger charge is -2.18. The number of rotatable bonds is 1. The average molecular weight is 220 g/mol. The summed E-state index contributed by atoms with van der Waals surface area (Å²) < 4.78 is 5.38. The van der Waals surface area contributed by atoms with Crippen LogP contribution >= 0.6 is 0 Å². The molecule has 2 heterocycles. The van der Waals surface area contributed by atoms with E-state index in [1.807, 2.05) is 24.8 Å². The Balaban J connectivity index is 1.81. The molecule has 1 aliphatic heterocycles. The third kappa shape index (κ3) is 1.29. The summed E-state index contributed by atoms with van der Waals surface area (Å²) in [6.07, 6.45) is 1.07. The molecule has 4 nitrogen and oxygen atoms in total. The topological polar surface area (TPSA) is 59.5 Å². The molecule has 0 spiro atoms. The van der Waals surface area contributed by atoms with Crippen molar-refractivity contribution in [2.45, 2.75) is 25.8 Å². The van der Waals surface area contributed by atoms with E-state index < -0.39 is 0 Å². The molecule has 2 aliphatic rings. The minimum absolute atomic E-state index is 0.0615. The van der Waals surface area contributed by atoms with E-state index in [2.05, 4.69) is 0 Å². The number of hydrogen-bond donors (Lipinski definition) is 1. The maximum atomic E-state index is 12.2. The van der Waals surface area contributed by atoms with Gasteiger partial charge in [0.2, 0.25) is 0 Å². The summed E-state index contributed by atoms with van der Waals surface area (Å²) >= 11 is 0. The predicted molar refractivity (Wildman–Crippen MR) is 59.1 cm³/mol. The second-order valence-electron chi connectivity index (χ2n) is 5.15. The highest BCUT2D eigenvalue weighted by Gasteiger charge is 2.58. The summed E-state index contributed by atoms with van der Waals surface area (Å²) in [6.45, 7) is 5.18. The lowest BCUT2D eigenvalue weighted by atomic mass is 10.2. The van der Waals surface area contributed by atoms with Crippen LogP contribution in [-0.2, 0) is 0 Å². The Bertz CT molecular complexity index is 466. The first-order valence-corrected chi connectivity index (χ1v) is 5.65. The smallest absolute Gasteiger partial charge is 0.257 e. The summed E-state index contributed by atoms with van der Waals surface area (Å²) in [7, 11) is 0. The molecule has 3 rings (SSSR count). The summed E-state index contributed by atoms with van der Waals surface area (Å²) in [5.41, 5.74) is 6.69. The second kappa shape index (κ2) is 2.88. The van der Waals surface area contributed by atoms with Crippen LogP contribution in [-0.4, -0.2) is 29.4 Å². The fourth-order valence-electron chi connectivity index (χ4n) is 2.69. The van der Waals surface area contributed by atoms with Gasteiger partial charge in [-0.05, 0) is 32.3 Å². The number of furan rings is 1. The highest BCUT2D eigenvalue weighted by Crippen LogP contribution is 2.47. The van der Waals surface area contributed by atoms with Crippen LogP contribution in [0.4, 0.5) is 0 Å². The Kier molecular flexibility index (Phi) is 1.79. The molecule has 86 valence electrons. The molecule has 2 fully saturated rings. The van der Waals surface area contributed by atoms with Gasteiger partial charge >= 0.3 is 0 Å². The summed E-state index contributed by atoms with van der Waals surface area (Å²) in [6, 6.07) is 1.81. The molecule has 16 heavy (non-hydrogen) atoms. The highest BCUT2D eigenvalue weighted by atomic mass is 16.3. The van der Waals surface area contributed by atoms with Gasteiger partial charge in [0.15, 0.2) is 0 Å². The van der Waals surface area contributed by atoms with Crippen LogP contribution in [0.3, 0.4) is 0 Å². The molecular weight excluding hydrogens is 204 g/mol. The average Bonchev–Trinajstić information content (AvgIpc) is 2.54. The number of carbonyl (C=O) groups excluding carboxylic acids is 1. The first-order chi connectivity index (χ1) is 7.49. The van der Waals surface area contributed by atoms with Gasteiger partial charge in [0.25, 0.3) is 5.91 Å². The Morgan fingerprint density at radius 1 is 1.62 bits per heavy atom. The van der Waals surface area contributed by atoms with E-state index in [9.17, 15) is 4.79 Å². The Hall–Kier alpha value is -1.29. The van der Waals surface area contributed by atoms with Crippen molar-refractivity contribution in [2.75, 3.05) is 13.1 Å². The van der Waals surface area contributed by atoms with E-state index in [0.717, 1.165) is 18.7 Å². The van der Waals surface area contributed by atoms with E-state index in [1.54, 1.807) is 0 Å². The first kappa shape index (κ1) is 9.90. The fourth-order valence-corrected chi connectivity index (χ4v) is 2.69. The van der Waals surface area contributed by atoms with Gasteiger partial charge in [-0.3, -0.25) is 4.79 Å². The molecule has 1 aromatic heterocycles. The number of piperidine rings is 1. The molecule has 1 aliphatic carbocycles. The molecule has 2 atom stereocenters. The zero-order chi connectivity index (χ0) is 11.5.